The third-order valence-corrected chi connectivity index (χ3v) is 2.19. The minimum Gasteiger partial charge on any atom is -0.465 e. The van der Waals surface area contributed by atoms with E-state index in [0.717, 1.165) is 5.56 Å². The van der Waals surface area contributed by atoms with Gasteiger partial charge in [0.05, 0.1) is 19.3 Å². The molecule has 0 N–H and O–H groups in total. The number of carbonyl (C=O) groups excluding carboxylic acids is 1. The monoisotopic (exact) mass is 232 g/mol. The van der Waals surface area contributed by atoms with Crippen LogP contribution in [0.1, 0.15) is 22.8 Å². The lowest BCUT2D eigenvalue weighted by Gasteiger charge is -2.00. The predicted molar refractivity (Wildman–Crippen MR) is 65.7 cm³/mol. The molecule has 1 unspecified atom stereocenters. The van der Waals surface area contributed by atoms with E-state index in [0.29, 0.717) is 12.2 Å². The summed E-state index contributed by atoms with van der Waals surface area (Å²) in [5.41, 5.74) is 1.41. The lowest BCUT2D eigenvalue weighted by atomic mass is 10.1. The van der Waals surface area contributed by atoms with Gasteiger partial charge in [0.2, 0.25) is 0 Å². The summed E-state index contributed by atoms with van der Waals surface area (Å²) in [6, 6.07) is 7.02. The number of rotatable bonds is 3. The van der Waals surface area contributed by atoms with Gasteiger partial charge < -0.3 is 9.47 Å². The number of carbonyl (C=O) groups is 1. The molecule has 0 amide bonds. The fourth-order valence-corrected chi connectivity index (χ4v) is 1.31. The van der Waals surface area contributed by atoms with Gasteiger partial charge in [-0.25, -0.2) is 4.79 Å². The average molecular weight is 232 g/mol. The second-order valence-electron chi connectivity index (χ2n) is 3.69. The molecule has 1 rings (SSSR count). The maximum absolute atomic E-state index is 11.2. The van der Waals surface area contributed by atoms with Crippen LogP contribution < -0.4 is 0 Å². The van der Waals surface area contributed by atoms with Gasteiger partial charge in [0.1, 0.15) is 0 Å². The fourth-order valence-electron chi connectivity index (χ4n) is 1.31. The van der Waals surface area contributed by atoms with E-state index in [1.807, 2.05) is 6.92 Å². The number of methoxy groups -OCH3 is 2. The highest BCUT2D eigenvalue weighted by atomic mass is 16.5. The Morgan fingerprint density at radius 3 is 2.47 bits per heavy atom. The lowest BCUT2D eigenvalue weighted by molar-refractivity contribution is 0.0601. The Labute approximate surface area is 102 Å². The van der Waals surface area contributed by atoms with Crippen molar-refractivity contribution >= 4 is 5.97 Å². The van der Waals surface area contributed by atoms with Crippen molar-refractivity contribution in [2.45, 2.75) is 6.92 Å². The molecule has 1 aromatic rings. The molecule has 0 aliphatic carbocycles. The first kappa shape index (κ1) is 13.3. The SMILES string of the molecule is COCC(C)C#Cc1ccc(C(=O)OC)cc1. The predicted octanol–water partition coefficient (Wildman–Crippen LogP) is 2.11. The molecule has 3 nitrogen and oxygen atoms in total. The molecular formula is C14H16O3. The van der Waals surface area contributed by atoms with E-state index >= 15 is 0 Å². The van der Waals surface area contributed by atoms with Crippen molar-refractivity contribution in [1.82, 2.24) is 0 Å². The Morgan fingerprint density at radius 2 is 1.94 bits per heavy atom. The second kappa shape index (κ2) is 6.72. The number of hydrogen-bond acceptors (Lipinski definition) is 3. The zero-order valence-electron chi connectivity index (χ0n) is 10.3. The fraction of sp³-hybridized carbons (Fsp3) is 0.357. The second-order valence-corrected chi connectivity index (χ2v) is 3.69. The van der Waals surface area contributed by atoms with E-state index in [-0.39, 0.29) is 11.9 Å². The third-order valence-electron chi connectivity index (χ3n) is 2.19. The summed E-state index contributed by atoms with van der Waals surface area (Å²) in [6.45, 7) is 2.62. The lowest BCUT2D eigenvalue weighted by Crippen LogP contribution is -2.01. The van der Waals surface area contributed by atoms with Crippen LogP contribution in [0.25, 0.3) is 0 Å². The molecule has 0 saturated carbocycles. The molecule has 0 aliphatic heterocycles. The molecule has 1 atom stereocenters. The van der Waals surface area contributed by atoms with Crippen molar-refractivity contribution < 1.29 is 14.3 Å². The van der Waals surface area contributed by atoms with Crippen molar-refractivity contribution in [3.05, 3.63) is 35.4 Å². The van der Waals surface area contributed by atoms with E-state index in [2.05, 4.69) is 16.6 Å². The quantitative estimate of drug-likeness (QED) is 0.591. The van der Waals surface area contributed by atoms with Gasteiger partial charge >= 0.3 is 5.97 Å². The van der Waals surface area contributed by atoms with Crippen LogP contribution in [0.15, 0.2) is 24.3 Å². The number of hydrogen-bond donors (Lipinski definition) is 0. The Balaban J connectivity index is 2.71. The third kappa shape index (κ3) is 4.29. The summed E-state index contributed by atoms with van der Waals surface area (Å²) in [5, 5.41) is 0. The maximum Gasteiger partial charge on any atom is 0.337 e. The molecule has 0 spiro atoms. The Kier molecular flexibility index (Phi) is 5.25. The van der Waals surface area contributed by atoms with Crippen LogP contribution in [0.2, 0.25) is 0 Å². The molecule has 17 heavy (non-hydrogen) atoms. The molecular weight excluding hydrogens is 216 g/mol. The summed E-state index contributed by atoms with van der Waals surface area (Å²) in [7, 11) is 3.02. The molecule has 0 aromatic heterocycles. The van der Waals surface area contributed by atoms with Crippen molar-refractivity contribution in [2.24, 2.45) is 5.92 Å². The Bertz CT molecular complexity index is 423. The highest BCUT2D eigenvalue weighted by molar-refractivity contribution is 5.89. The largest absolute Gasteiger partial charge is 0.465 e. The zero-order valence-corrected chi connectivity index (χ0v) is 10.3. The van der Waals surface area contributed by atoms with Crippen LogP contribution in [-0.2, 0) is 9.47 Å². The summed E-state index contributed by atoms with van der Waals surface area (Å²) in [5.74, 6) is 5.96. The first-order valence-electron chi connectivity index (χ1n) is 5.36. The number of benzene rings is 1. The summed E-state index contributed by atoms with van der Waals surface area (Å²) < 4.78 is 9.61. The highest BCUT2D eigenvalue weighted by Crippen LogP contribution is 2.05. The average Bonchev–Trinajstić information content (AvgIpc) is 2.36. The molecule has 0 saturated heterocycles. The summed E-state index contributed by atoms with van der Waals surface area (Å²) in [4.78, 5) is 11.2. The normalized spacial score (nSPS) is 11.2. The van der Waals surface area contributed by atoms with E-state index < -0.39 is 0 Å². The van der Waals surface area contributed by atoms with Crippen molar-refractivity contribution in [3.8, 4) is 11.8 Å². The van der Waals surface area contributed by atoms with Crippen molar-refractivity contribution in [3.63, 3.8) is 0 Å². The van der Waals surface area contributed by atoms with E-state index in [4.69, 9.17) is 4.74 Å². The smallest absolute Gasteiger partial charge is 0.337 e. The van der Waals surface area contributed by atoms with Gasteiger partial charge in [-0.1, -0.05) is 11.8 Å². The number of esters is 1. The van der Waals surface area contributed by atoms with E-state index in [1.54, 1.807) is 31.4 Å². The van der Waals surface area contributed by atoms with Gasteiger partial charge in [-0.15, -0.1) is 0 Å². The van der Waals surface area contributed by atoms with E-state index in [9.17, 15) is 4.79 Å². The van der Waals surface area contributed by atoms with Crippen LogP contribution in [0, 0.1) is 17.8 Å². The van der Waals surface area contributed by atoms with Crippen LogP contribution in [-0.4, -0.2) is 26.8 Å². The van der Waals surface area contributed by atoms with Gasteiger partial charge in [-0.05, 0) is 31.2 Å². The van der Waals surface area contributed by atoms with Crippen LogP contribution in [0.4, 0.5) is 0 Å². The molecule has 90 valence electrons. The van der Waals surface area contributed by atoms with Crippen LogP contribution >= 0.6 is 0 Å². The van der Waals surface area contributed by atoms with Crippen LogP contribution in [0.5, 0.6) is 0 Å². The van der Waals surface area contributed by atoms with Gasteiger partial charge in [0, 0.05) is 18.6 Å². The van der Waals surface area contributed by atoms with Gasteiger partial charge in [0.15, 0.2) is 0 Å². The van der Waals surface area contributed by atoms with Gasteiger partial charge in [-0.3, -0.25) is 0 Å². The molecule has 0 bridgehead atoms. The maximum atomic E-state index is 11.2. The van der Waals surface area contributed by atoms with Crippen LogP contribution in [0.3, 0.4) is 0 Å². The minimum absolute atomic E-state index is 0.195. The van der Waals surface area contributed by atoms with Gasteiger partial charge in [-0.2, -0.15) is 0 Å². The molecule has 0 aliphatic rings. The molecule has 1 aromatic carbocycles. The van der Waals surface area contributed by atoms with Crippen molar-refractivity contribution in [2.75, 3.05) is 20.8 Å². The summed E-state index contributed by atoms with van der Waals surface area (Å²) >= 11 is 0. The molecule has 3 heteroatoms. The summed E-state index contributed by atoms with van der Waals surface area (Å²) in [6.07, 6.45) is 0. The Hall–Kier alpha value is -1.79. The molecule has 0 heterocycles. The Morgan fingerprint density at radius 1 is 1.29 bits per heavy atom. The molecule has 0 radical (unpaired) electrons. The first-order chi connectivity index (χ1) is 8.17. The first-order valence-corrected chi connectivity index (χ1v) is 5.36. The number of ether oxygens (including phenoxy) is 2. The van der Waals surface area contributed by atoms with Crippen molar-refractivity contribution in [1.29, 1.82) is 0 Å². The van der Waals surface area contributed by atoms with Gasteiger partial charge in [0.25, 0.3) is 0 Å². The molecule has 0 fully saturated rings. The minimum atomic E-state index is -0.336. The van der Waals surface area contributed by atoms with E-state index in [1.165, 1.54) is 7.11 Å². The zero-order chi connectivity index (χ0) is 12.7. The standard InChI is InChI=1S/C14H16O3/c1-11(10-16-2)4-5-12-6-8-13(9-7-12)14(15)17-3/h6-9,11H,10H2,1-3H3. The highest BCUT2D eigenvalue weighted by Gasteiger charge is 2.03. The topological polar surface area (TPSA) is 35.5 Å².